The van der Waals surface area contributed by atoms with Crippen molar-refractivity contribution >= 4 is 9.28 Å². The summed E-state index contributed by atoms with van der Waals surface area (Å²) in [5.74, 6) is 0. The van der Waals surface area contributed by atoms with Gasteiger partial charge in [-0.3, -0.25) is 0 Å². The number of hydrogen-bond acceptors (Lipinski definition) is 3. The monoisotopic (exact) mass is 204 g/mol. The Kier molecular flexibility index (Phi) is 10.3. The lowest BCUT2D eigenvalue weighted by Gasteiger charge is -2.09. The van der Waals surface area contributed by atoms with E-state index in [2.05, 4.69) is 12.2 Å². The Morgan fingerprint density at radius 3 is 2.23 bits per heavy atom. The number of rotatable bonds is 9. The van der Waals surface area contributed by atoms with E-state index < -0.39 is 9.28 Å². The molecule has 13 heavy (non-hydrogen) atoms. The SMILES string of the molecule is CCCCNCCC[Si](OC)OC. The first-order chi connectivity index (χ1) is 6.35. The van der Waals surface area contributed by atoms with Gasteiger partial charge in [-0.1, -0.05) is 13.3 Å². The van der Waals surface area contributed by atoms with Crippen molar-refractivity contribution in [2.45, 2.75) is 32.2 Å². The van der Waals surface area contributed by atoms with Gasteiger partial charge in [-0.05, 0) is 32.0 Å². The molecule has 0 bridgehead atoms. The molecule has 1 radical (unpaired) electrons. The average Bonchev–Trinajstić information content (AvgIpc) is 2.17. The predicted molar refractivity (Wildman–Crippen MR) is 57.0 cm³/mol. The van der Waals surface area contributed by atoms with Crippen LogP contribution in [-0.4, -0.2) is 36.6 Å². The van der Waals surface area contributed by atoms with Crippen molar-refractivity contribution in [1.29, 1.82) is 0 Å². The highest BCUT2D eigenvalue weighted by molar-refractivity contribution is 6.44. The van der Waals surface area contributed by atoms with Gasteiger partial charge in [-0.25, -0.2) is 0 Å². The summed E-state index contributed by atoms with van der Waals surface area (Å²) < 4.78 is 10.4. The van der Waals surface area contributed by atoms with Gasteiger partial charge >= 0.3 is 9.28 Å². The zero-order valence-electron chi connectivity index (χ0n) is 9.06. The third-order valence-corrected chi connectivity index (χ3v) is 3.57. The zero-order valence-corrected chi connectivity index (χ0v) is 10.1. The summed E-state index contributed by atoms with van der Waals surface area (Å²) in [5, 5.41) is 3.40. The topological polar surface area (TPSA) is 30.5 Å². The molecular formula is C9H22NO2Si. The van der Waals surface area contributed by atoms with Gasteiger partial charge in [0.25, 0.3) is 0 Å². The van der Waals surface area contributed by atoms with E-state index in [0.717, 1.165) is 25.6 Å². The standard InChI is InChI=1S/C9H22NO2Si/c1-4-5-7-10-8-6-9-13(11-2)12-3/h10H,4-9H2,1-3H3. The van der Waals surface area contributed by atoms with E-state index in [0.29, 0.717) is 0 Å². The smallest absolute Gasteiger partial charge is 0.384 e. The van der Waals surface area contributed by atoms with Gasteiger partial charge in [0.1, 0.15) is 0 Å². The van der Waals surface area contributed by atoms with E-state index in [1.54, 1.807) is 14.2 Å². The Hall–Kier alpha value is 0.0969. The van der Waals surface area contributed by atoms with Crippen LogP contribution >= 0.6 is 0 Å². The Morgan fingerprint density at radius 2 is 1.69 bits per heavy atom. The molecule has 0 aliphatic carbocycles. The van der Waals surface area contributed by atoms with Crippen LogP contribution in [0.15, 0.2) is 0 Å². The number of hydrogen-bond donors (Lipinski definition) is 1. The summed E-state index contributed by atoms with van der Waals surface area (Å²) in [6.45, 7) is 4.43. The number of unbranched alkanes of at least 4 members (excludes halogenated alkanes) is 1. The van der Waals surface area contributed by atoms with Gasteiger partial charge in [-0.2, -0.15) is 0 Å². The fraction of sp³-hybridized carbons (Fsp3) is 1.00. The maximum Gasteiger partial charge on any atom is 0.384 e. The van der Waals surface area contributed by atoms with Gasteiger partial charge in [-0.15, -0.1) is 0 Å². The second kappa shape index (κ2) is 10.2. The van der Waals surface area contributed by atoms with E-state index in [9.17, 15) is 0 Å². The lowest BCUT2D eigenvalue weighted by atomic mass is 10.3. The summed E-state index contributed by atoms with van der Waals surface area (Å²) >= 11 is 0. The van der Waals surface area contributed by atoms with Crippen LogP contribution in [0.4, 0.5) is 0 Å². The summed E-state index contributed by atoms with van der Waals surface area (Å²) in [6.07, 6.45) is 3.68. The van der Waals surface area contributed by atoms with E-state index >= 15 is 0 Å². The third-order valence-electron chi connectivity index (χ3n) is 1.90. The first-order valence-electron chi connectivity index (χ1n) is 4.99. The molecule has 0 saturated carbocycles. The molecule has 79 valence electrons. The van der Waals surface area contributed by atoms with Crippen LogP contribution in [0.1, 0.15) is 26.2 Å². The highest BCUT2D eigenvalue weighted by Crippen LogP contribution is 1.97. The van der Waals surface area contributed by atoms with Crippen LogP contribution in [-0.2, 0) is 8.85 Å². The molecule has 0 amide bonds. The first kappa shape index (κ1) is 13.1. The number of nitrogens with one attached hydrogen (secondary N) is 1. The molecule has 0 aromatic carbocycles. The van der Waals surface area contributed by atoms with Crippen molar-refractivity contribution in [3.05, 3.63) is 0 Å². The molecule has 0 spiro atoms. The predicted octanol–water partition coefficient (Wildman–Crippen LogP) is 1.55. The van der Waals surface area contributed by atoms with Crippen LogP contribution in [0.2, 0.25) is 6.04 Å². The van der Waals surface area contributed by atoms with Crippen LogP contribution in [0.3, 0.4) is 0 Å². The van der Waals surface area contributed by atoms with Crippen molar-refractivity contribution in [3.8, 4) is 0 Å². The van der Waals surface area contributed by atoms with Crippen LogP contribution in [0.25, 0.3) is 0 Å². The van der Waals surface area contributed by atoms with Gasteiger partial charge < -0.3 is 14.2 Å². The average molecular weight is 204 g/mol. The van der Waals surface area contributed by atoms with E-state index in [1.807, 2.05) is 0 Å². The fourth-order valence-corrected chi connectivity index (χ4v) is 2.11. The molecule has 0 fully saturated rings. The van der Waals surface area contributed by atoms with E-state index in [4.69, 9.17) is 8.85 Å². The van der Waals surface area contributed by atoms with Crippen molar-refractivity contribution in [2.24, 2.45) is 0 Å². The van der Waals surface area contributed by atoms with Crippen molar-refractivity contribution < 1.29 is 8.85 Å². The lowest BCUT2D eigenvalue weighted by molar-refractivity contribution is 0.276. The fourth-order valence-electron chi connectivity index (χ4n) is 1.07. The highest BCUT2D eigenvalue weighted by Gasteiger charge is 2.09. The third kappa shape index (κ3) is 8.43. The molecule has 0 heterocycles. The van der Waals surface area contributed by atoms with Crippen molar-refractivity contribution in [3.63, 3.8) is 0 Å². The van der Waals surface area contributed by atoms with Crippen molar-refractivity contribution in [1.82, 2.24) is 5.32 Å². The molecule has 0 rings (SSSR count). The summed E-state index contributed by atoms with van der Waals surface area (Å²) in [4.78, 5) is 0. The molecule has 0 atom stereocenters. The quantitative estimate of drug-likeness (QED) is 0.456. The maximum absolute atomic E-state index is 5.18. The second-order valence-corrected chi connectivity index (χ2v) is 5.05. The summed E-state index contributed by atoms with van der Waals surface area (Å²) in [6, 6.07) is 1.07. The minimum atomic E-state index is -0.956. The van der Waals surface area contributed by atoms with Crippen molar-refractivity contribution in [2.75, 3.05) is 27.3 Å². The molecule has 0 aromatic heterocycles. The van der Waals surface area contributed by atoms with Gasteiger partial charge in [0.2, 0.25) is 0 Å². The molecular weight excluding hydrogens is 182 g/mol. The Morgan fingerprint density at radius 1 is 1.08 bits per heavy atom. The van der Waals surface area contributed by atoms with Gasteiger partial charge in [0.15, 0.2) is 0 Å². The van der Waals surface area contributed by atoms with Gasteiger partial charge in [0, 0.05) is 14.2 Å². The normalized spacial score (nSPS) is 11.1. The Balaban J connectivity index is 3.05. The molecule has 4 heteroatoms. The zero-order chi connectivity index (χ0) is 9.94. The maximum atomic E-state index is 5.18. The molecule has 0 unspecified atom stereocenters. The molecule has 0 aliphatic rings. The van der Waals surface area contributed by atoms with Crippen LogP contribution in [0.5, 0.6) is 0 Å². The second-order valence-electron chi connectivity index (χ2n) is 2.99. The first-order valence-corrected chi connectivity index (χ1v) is 6.52. The van der Waals surface area contributed by atoms with E-state index in [-0.39, 0.29) is 0 Å². The molecule has 0 aromatic rings. The largest absolute Gasteiger partial charge is 0.397 e. The van der Waals surface area contributed by atoms with Crippen LogP contribution in [0, 0.1) is 0 Å². The van der Waals surface area contributed by atoms with Gasteiger partial charge in [0.05, 0.1) is 0 Å². The molecule has 0 saturated heterocycles. The molecule has 1 N–H and O–H groups in total. The Bertz CT molecular complexity index is 99.6. The minimum absolute atomic E-state index is 0.956. The Labute approximate surface area is 83.7 Å². The summed E-state index contributed by atoms with van der Waals surface area (Å²) in [7, 11) is 2.49. The molecule has 0 aliphatic heterocycles. The highest BCUT2D eigenvalue weighted by atomic mass is 28.3. The summed E-state index contributed by atoms with van der Waals surface area (Å²) in [5.41, 5.74) is 0. The minimum Gasteiger partial charge on any atom is -0.397 e. The van der Waals surface area contributed by atoms with Crippen LogP contribution < -0.4 is 5.32 Å². The lowest BCUT2D eigenvalue weighted by Crippen LogP contribution is -2.22. The van der Waals surface area contributed by atoms with E-state index in [1.165, 1.54) is 12.8 Å². The molecule has 3 nitrogen and oxygen atoms in total.